The molecule has 144 valence electrons. The molecule has 0 radical (unpaired) electrons. The van der Waals surface area contributed by atoms with Crippen LogP contribution in [0, 0.1) is 0 Å². The van der Waals surface area contributed by atoms with Gasteiger partial charge in [-0.05, 0) is 41.8 Å². The van der Waals surface area contributed by atoms with Gasteiger partial charge in [0.05, 0.1) is 0 Å². The minimum atomic E-state index is 0.0761. The molecule has 28 heavy (non-hydrogen) atoms. The zero-order chi connectivity index (χ0) is 19.3. The SMILES string of the molecule is CCc1nc(-c2ccc(N3CCN(C(=O)C=Cc4cccs4)CC3)cc2)no1. The van der Waals surface area contributed by atoms with E-state index in [0.29, 0.717) is 11.7 Å². The molecule has 0 bridgehead atoms. The number of carbonyl (C=O) groups excluding carboxylic acids is 1. The highest BCUT2D eigenvalue weighted by Gasteiger charge is 2.20. The van der Waals surface area contributed by atoms with Crippen LogP contribution in [0.25, 0.3) is 17.5 Å². The van der Waals surface area contributed by atoms with E-state index in [1.807, 2.05) is 47.5 Å². The maximum Gasteiger partial charge on any atom is 0.246 e. The zero-order valence-electron chi connectivity index (χ0n) is 15.7. The van der Waals surface area contributed by atoms with Gasteiger partial charge < -0.3 is 14.3 Å². The number of hydrogen-bond acceptors (Lipinski definition) is 6. The molecule has 2 aromatic heterocycles. The Balaban J connectivity index is 1.34. The van der Waals surface area contributed by atoms with Gasteiger partial charge in [0.1, 0.15) is 0 Å². The number of rotatable bonds is 5. The number of carbonyl (C=O) groups is 1. The monoisotopic (exact) mass is 394 g/mol. The smallest absolute Gasteiger partial charge is 0.246 e. The highest BCUT2D eigenvalue weighted by atomic mass is 32.1. The second-order valence-electron chi connectivity index (χ2n) is 6.57. The van der Waals surface area contributed by atoms with Crippen LogP contribution in [0.4, 0.5) is 5.69 Å². The van der Waals surface area contributed by atoms with Crippen molar-refractivity contribution in [2.24, 2.45) is 0 Å². The van der Waals surface area contributed by atoms with Crippen molar-refractivity contribution in [1.29, 1.82) is 0 Å². The van der Waals surface area contributed by atoms with Crippen molar-refractivity contribution in [2.45, 2.75) is 13.3 Å². The Bertz CT molecular complexity index is 939. The number of piperazine rings is 1. The Morgan fingerprint density at radius 1 is 1.18 bits per heavy atom. The third-order valence-electron chi connectivity index (χ3n) is 4.79. The van der Waals surface area contributed by atoms with Gasteiger partial charge in [-0.1, -0.05) is 18.1 Å². The molecule has 1 saturated heterocycles. The molecule has 3 heterocycles. The highest BCUT2D eigenvalue weighted by molar-refractivity contribution is 7.10. The van der Waals surface area contributed by atoms with E-state index in [2.05, 4.69) is 27.2 Å². The van der Waals surface area contributed by atoms with Gasteiger partial charge in [-0.3, -0.25) is 4.79 Å². The van der Waals surface area contributed by atoms with Crippen molar-refractivity contribution in [3.63, 3.8) is 0 Å². The fraction of sp³-hybridized carbons (Fsp3) is 0.286. The van der Waals surface area contributed by atoms with Gasteiger partial charge in [-0.15, -0.1) is 11.3 Å². The summed E-state index contributed by atoms with van der Waals surface area (Å²) < 4.78 is 5.18. The number of benzene rings is 1. The van der Waals surface area contributed by atoms with E-state index in [1.54, 1.807) is 17.4 Å². The minimum Gasteiger partial charge on any atom is -0.368 e. The van der Waals surface area contributed by atoms with Crippen molar-refractivity contribution < 1.29 is 9.32 Å². The van der Waals surface area contributed by atoms with E-state index < -0.39 is 0 Å². The second-order valence-corrected chi connectivity index (χ2v) is 7.55. The third kappa shape index (κ3) is 4.14. The van der Waals surface area contributed by atoms with E-state index in [1.165, 1.54) is 0 Å². The lowest BCUT2D eigenvalue weighted by Crippen LogP contribution is -2.48. The van der Waals surface area contributed by atoms with Crippen LogP contribution in [0.5, 0.6) is 0 Å². The van der Waals surface area contributed by atoms with Crippen molar-refractivity contribution >= 4 is 29.0 Å². The van der Waals surface area contributed by atoms with Crippen LogP contribution in [-0.2, 0) is 11.2 Å². The van der Waals surface area contributed by atoms with E-state index >= 15 is 0 Å². The van der Waals surface area contributed by atoms with Gasteiger partial charge in [0.15, 0.2) is 0 Å². The van der Waals surface area contributed by atoms with Crippen LogP contribution in [0.15, 0.2) is 52.4 Å². The standard InChI is InChI=1S/C21H22N4O2S/c1-2-19-22-21(23-27-19)16-5-7-17(8-6-16)24-11-13-25(14-12-24)20(26)10-9-18-4-3-15-28-18/h3-10,15H,2,11-14H2,1H3. The van der Waals surface area contributed by atoms with Crippen molar-refractivity contribution in [3.8, 4) is 11.4 Å². The molecule has 7 heteroatoms. The van der Waals surface area contributed by atoms with Crippen LogP contribution < -0.4 is 4.90 Å². The molecular formula is C21H22N4O2S. The van der Waals surface area contributed by atoms with Gasteiger partial charge in [0, 0.05) is 54.8 Å². The number of aryl methyl sites for hydroxylation is 1. The second kappa shape index (κ2) is 8.39. The number of nitrogens with zero attached hydrogens (tertiary/aromatic N) is 4. The van der Waals surface area contributed by atoms with E-state index in [-0.39, 0.29) is 5.91 Å². The lowest BCUT2D eigenvalue weighted by molar-refractivity contribution is -0.126. The van der Waals surface area contributed by atoms with Crippen LogP contribution in [-0.4, -0.2) is 47.1 Å². The number of anilines is 1. The quantitative estimate of drug-likeness (QED) is 0.617. The molecule has 1 aliphatic rings. The first-order valence-electron chi connectivity index (χ1n) is 9.41. The first-order valence-corrected chi connectivity index (χ1v) is 10.3. The van der Waals surface area contributed by atoms with Crippen molar-refractivity contribution in [3.05, 3.63) is 58.6 Å². The van der Waals surface area contributed by atoms with E-state index in [4.69, 9.17) is 4.52 Å². The first-order chi connectivity index (χ1) is 13.7. The summed E-state index contributed by atoms with van der Waals surface area (Å²) in [7, 11) is 0. The maximum absolute atomic E-state index is 12.4. The molecule has 0 aliphatic carbocycles. The predicted octanol–water partition coefficient (Wildman–Crippen LogP) is 3.72. The molecule has 0 atom stereocenters. The summed E-state index contributed by atoms with van der Waals surface area (Å²) in [4.78, 5) is 22.0. The van der Waals surface area contributed by atoms with Crippen LogP contribution >= 0.6 is 11.3 Å². The lowest BCUT2D eigenvalue weighted by atomic mass is 10.1. The number of thiophene rings is 1. The van der Waals surface area contributed by atoms with Gasteiger partial charge >= 0.3 is 0 Å². The topological polar surface area (TPSA) is 62.5 Å². The molecular weight excluding hydrogens is 372 g/mol. The average Bonchev–Trinajstić information content (AvgIpc) is 3.44. The summed E-state index contributed by atoms with van der Waals surface area (Å²) in [5.41, 5.74) is 2.09. The summed E-state index contributed by atoms with van der Waals surface area (Å²) >= 11 is 1.63. The van der Waals surface area contributed by atoms with Crippen LogP contribution in [0.2, 0.25) is 0 Å². The molecule has 0 N–H and O–H groups in total. The lowest BCUT2D eigenvalue weighted by Gasteiger charge is -2.35. The maximum atomic E-state index is 12.4. The van der Waals surface area contributed by atoms with Gasteiger partial charge in [0.2, 0.25) is 17.6 Å². The fourth-order valence-electron chi connectivity index (χ4n) is 3.17. The molecule has 3 aromatic rings. The summed E-state index contributed by atoms with van der Waals surface area (Å²) in [6.45, 7) is 5.07. The summed E-state index contributed by atoms with van der Waals surface area (Å²) in [6, 6.07) is 12.2. The van der Waals surface area contributed by atoms with E-state index in [0.717, 1.165) is 48.7 Å². The zero-order valence-corrected chi connectivity index (χ0v) is 16.6. The largest absolute Gasteiger partial charge is 0.368 e. The molecule has 0 saturated carbocycles. The first kappa shape index (κ1) is 18.4. The molecule has 6 nitrogen and oxygen atoms in total. The Hall–Kier alpha value is -2.93. The molecule has 1 aromatic carbocycles. The van der Waals surface area contributed by atoms with Gasteiger partial charge in [-0.25, -0.2) is 0 Å². The Morgan fingerprint density at radius 3 is 2.61 bits per heavy atom. The van der Waals surface area contributed by atoms with Gasteiger partial charge in [0.25, 0.3) is 0 Å². The Morgan fingerprint density at radius 2 is 1.96 bits per heavy atom. The number of aromatic nitrogens is 2. The van der Waals surface area contributed by atoms with Crippen LogP contribution in [0.1, 0.15) is 17.7 Å². The summed E-state index contributed by atoms with van der Waals surface area (Å²) in [6.07, 6.45) is 4.29. The molecule has 4 rings (SSSR count). The highest BCUT2D eigenvalue weighted by Crippen LogP contribution is 2.22. The summed E-state index contributed by atoms with van der Waals surface area (Å²) in [5.74, 6) is 1.34. The van der Waals surface area contributed by atoms with E-state index in [9.17, 15) is 4.79 Å². The molecule has 1 fully saturated rings. The summed E-state index contributed by atoms with van der Waals surface area (Å²) in [5, 5.41) is 6.02. The predicted molar refractivity (Wildman–Crippen MR) is 111 cm³/mol. The average molecular weight is 395 g/mol. The Kier molecular flexibility index (Phi) is 5.53. The van der Waals surface area contributed by atoms with Crippen molar-refractivity contribution in [1.82, 2.24) is 15.0 Å². The van der Waals surface area contributed by atoms with Crippen LogP contribution in [0.3, 0.4) is 0 Å². The normalized spacial score (nSPS) is 14.8. The molecule has 1 aliphatic heterocycles. The Labute approximate surface area is 168 Å². The molecule has 1 amide bonds. The fourth-order valence-corrected chi connectivity index (χ4v) is 3.79. The number of amides is 1. The third-order valence-corrected chi connectivity index (χ3v) is 5.62. The molecule has 0 unspecified atom stereocenters. The van der Waals surface area contributed by atoms with Gasteiger partial charge in [-0.2, -0.15) is 4.98 Å². The minimum absolute atomic E-state index is 0.0761. The number of hydrogen-bond donors (Lipinski definition) is 0. The molecule has 0 spiro atoms. The van der Waals surface area contributed by atoms with Crippen molar-refractivity contribution in [2.75, 3.05) is 31.1 Å².